The predicted octanol–water partition coefficient (Wildman–Crippen LogP) is 0.472. The number of sulfonamides is 1. The van der Waals surface area contributed by atoms with Crippen LogP contribution < -0.4 is 4.31 Å². The van der Waals surface area contributed by atoms with Crippen LogP contribution in [0.5, 0.6) is 0 Å². The third kappa shape index (κ3) is 3.60. The highest BCUT2D eigenvalue weighted by molar-refractivity contribution is 7.92. The molecule has 0 aromatic heterocycles. The van der Waals surface area contributed by atoms with E-state index >= 15 is 0 Å². The number of rotatable bonds is 3. The van der Waals surface area contributed by atoms with Crippen molar-refractivity contribution < 1.29 is 22.7 Å². The number of amides is 2. The molecule has 152 valence electrons. The largest absolute Gasteiger partial charge is 0.368 e. The van der Waals surface area contributed by atoms with Gasteiger partial charge in [0.2, 0.25) is 10.0 Å². The highest BCUT2D eigenvalue weighted by Crippen LogP contribution is 2.31. The first-order chi connectivity index (χ1) is 13.3. The standard InChI is InChI=1S/C19H25N3O5S/c1-28(25,26)22-7-6-14-13-15(4-5-16(14)22)18(23)20-8-10-21(11-9-20)19(24)17-3-2-12-27-17/h4-5,13,17H,2-3,6-12H2,1H3. The van der Waals surface area contributed by atoms with E-state index < -0.39 is 10.0 Å². The number of anilines is 1. The Hall–Kier alpha value is -2.13. The van der Waals surface area contributed by atoms with Crippen molar-refractivity contribution in [3.63, 3.8) is 0 Å². The van der Waals surface area contributed by atoms with Crippen molar-refractivity contribution in [2.24, 2.45) is 0 Å². The number of fused-ring (bicyclic) bond motifs is 1. The molecule has 3 aliphatic rings. The molecule has 0 saturated carbocycles. The number of benzene rings is 1. The zero-order valence-corrected chi connectivity index (χ0v) is 16.8. The van der Waals surface area contributed by atoms with E-state index in [4.69, 9.17) is 4.74 Å². The molecule has 4 rings (SSSR count). The van der Waals surface area contributed by atoms with Crippen molar-refractivity contribution >= 4 is 27.5 Å². The summed E-state index contributed by atoms with van der Waals surface area (Å²) in [6.45, 7) is 3.06. The Balaban J connectivity index is 1.40. The van der Waals surface area contributed by atoms with E-state index in [1.165, 1.54) is 10.6 Å². The van der Waals surface area contributed by atoms with Crippen LogP contribution in [0.25, 0.3) is 0 Å². The summed E-state index contributed by atoms with van der Waals surface area (Å²) in [6, 6.07) is 5.20. The van der Waals surface area contributed by atoms with Crippen LogP contribution in [0.15, 0.2) is 18.2 Å². The van der Waals surface area contributed by atoms with Crippen LogP contribution in [0.2, 0.25) is 0 Å². The third-order valence-corrected chi connectivity index (χ3v) is 6.84. The molecule has 1 aromatic rings. The number of nitrogens with zero attached hydrogens (tertiary/aromatic N) is 3. The van der Waals surface area contributed by atoms with Gasteiger partial charge in [-0.05, 0) is 43.0 Å². The maximum atomic E-state index is 12.9. The number of piperazine rings is 1. The Morgan fingerprint density at radius 2 is 1.79 bits per heavy atom. The van der Waals surface area contributed by atoms with E-state index in [0.717, 1.165) is 18.4 Å². The molecule has 1 unspecified atom stereocenters. The minimum Gasteiger partial charge on any atom is -0.368 e. The zero-order chi connectivity index (χ0) is 19.9. The van der Waals surface area contributed by atoms with Crippen LogP contribution in [0, 0.1) is 0 Å². The molecule has 28 heavy (non-hydrogen) atoms. The van der Waals surface area contributed by atoms with Crippen molar-refractivity contribution in [2.45, 2.75) is 25.4 Å². The lowest BCUT2D eigenvalue weighted by molar-refractivity contribution is -0.142. The molecular formula is C19H25N3O5S. The molecule has 1 atom stereocenters. The van der Waals surface area contributed by atoms with Crippen LogP contribution in [0.1, 0.15) is 28.8 Å². The molecule has 8 nitrogen and oxygen atoms in total. The van der Waals surface area contributed by atoms with Gasteiger partial charge in [0.25, 0.3) is 11.8 Å². The van der Waals surface area contributed by atoms with Gasteiger partial charge in [-0.3, -0.25) is 13.9 Å². The second-order valence-corrected chi connectivity index (χ2v) is 9.45. The highest BCUT2D eigenvalue weighted by atomic mass is 32.2. The average molecular weight is 407 g/mol. The molecule has 9 heteroatoms. The molecule has 1 aromatic carbocycles. The first-order valence-electron chi connectivity index (χ1n) is 9.65. The summed E-state index contributed by atoms with van der Waals surface area (Å²) in [4.78, 5) is 28.8. The summed E-state index contributed by atoms with van der Waals surface area (Å²) in [7, 11) is -3.30. The van der Waals surface area contributed by atoms with Crippen LogP contribution in [-0.4, -0.2) is 81.7 Å². The van der Waals surface area contributed by atoms with Gasteiger partial charge in [-0.2, -0.15) is 0 Å². The fraction of sp³-hybridized carbons (Fsp3) is 0.579. The van der Waals surface area contributed by atoms with E-state index in [2.05, 4.69) is 0 Å². The second-order valence-electron chi connectivity index (χ2n) is 7.55. The van der Waals surface area contributed by atoms with Crippen LogP contribution in [0.3, 0.4) is 0 Å². The molecule has 0 spiro atoms. The predicted molar refractivity (Wildman–Crippen MR) is 104 cm³/mol. The zero-order valence-electron chi connectivity index (χ0n) is 16.0. The Labute approximate surface area is 165 Å². The molecule has 0 aliphatic carbocycles. The number of hydrogen-bond donors (Lipinski definition) is 0. The third-order valence-electron chi connectivity index (χ3n) is 5.66. The summed E-state index contributed by atoms with van der Waals surface area (Å²) < 4.78 is 30.6. The van der Waals surface area contributed by atoms with E-state index in [1.54, 1.807) is 28.0 Å². The average Bonchev–Trinajstić information content (AvgIpc) is 3.35. The van der Waals surface area contributed by atoms with Gasteiger partial charge in [-0.1, -0.05) is 0 Å². The smallest absolute Gasteiger partial charge is 0.253 e. The summed E-state index contributed by atoms with van der Waals surface area (Å²) in [5.41, 5.74) is 2.10. The van der Waals surface area contributed by atoms with E-state index in [1.807, 2.05) is 0 Å². The molecule has 2 amide bonds. The van der Waals surface area contributed by atoms with Gasteiger partial charge in [-0.25, -0.2) is 8.42 Å². The topological polar surface area (TPSA) is 87.2 Å². The van der Waals surface area contributed by atoms with Crippen molar-refractivity contribution in [1.82, 2.24) is 9.80 Å². The highest BCUT2D eigenvalue weighted by Gasteiger charge is 2.32. The number of ether oxygens (including phenoxy) is 1. The molecule has 0 radical (unpaired) electrons. The van der Waals surface area contributed by atoms with Gasteiger partial charge in [0.1, 0.15) is 6.10 Å². The molecule has 2 fully saturated rings. The Morgan fingerprint density at radius 1 is 1.07 bits per heavy atom. The monoisotopic (exact) mass is 407 g/mol. The molecule has 3 heterocycles. The van der Waals surface area contributed by atoms with Gasteiger partial charge in [0.05, 0.1) is 11.9 Å². The van der Waals surface area contributed by atoms with Crippen LogP contribution >= 0.6 is 0 Å². The lowest BCUT2D eigenvalue weighted by Gasteiger charge is -2.35. The van der Waals surface area contributed by atoms with Gasteiger partial charge in [0, 0.05) is 44.9 Å². The van der Waals surface area contributed by atoms with Crippen LogP contribution in [-0.2, 0) is 26.0 Å². The van der Waals surface area contributed by atoms with Crippen molar-refractivity contribution in [3.8, 4) is 0 Å². The first-order valence-corrected chi connectivity index (χ1v) is 11.5. The molecule has 3 aliphatic heterocycles. The molecule has 0 N–H and O–H groups in total. The van der Waals surface area contributed by atoms with Crippen molar-refractivity contribution in [3.05, 3.63) is 29.3 Å². The number of carbonyl (C=O) groups is 2. The molecule has 0 bridgehead atoms. The summed E-state index contributed by atoms with van der Waals surface area (Å²) in [5.74, 6) is -0.0483. The van der Waals surface area contributed by atoms with Gasteiger partial charge in [0.15, 0.2) is 0 Å². The lowest BCUT2D eigenvalue weighted by atomic mass is 10.1. The van der Waals surface area contributed by atoms with E-state index in [-0.39, 0.29) is 17.9 Å². The quantitative estimate of drug-likeness (QED) is 0.727. The summed E-state index contributed by atoms with van der Waals surface area (Å²) in [5, 5.41) is 0. The Kier molecular flexibility index (Phi) is 5.05. The first kappa shape index (κ1) is 19.2. The van der Waals surface area contributed by atoms with Crippen molar-refractivity contribution in [1.29, 1.82) is 0 Å². The SMILES string of the molecule is CS(=O)(=O)N1CCc2cc(C(=O)N3CCN(C(=O)C4CCCO4)CC3)ccc21. The summed E-state index contributed by atoms with van der Waals surface area (Å²) in [6.07, 6.45) is 3.17. The fourth-order valence-corrected chi connectivity index (χ4v) is 5.10. The minimum atomic E-state index is -3.30. The van der Waals surface area contributed by atoms with E-state index in [0.29, 0.717) is 57.0 Å². The Bertz CT molecular complexity index is 887. The van der Waals surface area contributed by atoms with E-state index in [9.17, 15) is 18.0 Å². The minimum absolute atomic E-state index is 0.0306. The normalized spacial score (nSPS) is 22.5. The molecular weight excluding hydrogens is 382 g/mol. The van der Waals surface area contributed by atoms with Gasteiger partial charge < -0.3 is 14.5 Å². The Morgan fingerprint density at radius 3 is 2.43 bits per heavy atom. The van der Waals surface area contributed by atoms with Crippen molar-refractivity contribution in [2.75, 3.05) is 49.9 Å². The lowest BCUT2D eigenvalue weighted by Crippen LogP contribution is -2.52. The number of carbonyl (C=O) groups excluding carboxylic acids is 2. The maximum Gasteiger partial charge on any atom is 0.253 e. The summed E-state index contributed by atoms with van der Waals surface area (Å²) >= 11 is 0. The maximum absolute atomic E-state index is 12.9. The fourth-order valence-electron chi connectivity index (χ4n) is 4.14. The number of hydrogen-bond acceptors (Lipinski definition) is 5. The molecule has 2 saturated heterocycles. The van der Waals surface area contributed by atoms with Gasteiger partial charge >= 0.3 is 0 Å². The second kappa shape index (κ2) is 7.36. The van der Waals surface area contributed by atoms with Crippen LogP contribution in [0.4, 0.5) is 5.69 Å². The van der Waals surface area contributed by atoms with Gasteiger partial charge in [-0.15, -0.1) is 0 Å².